The molecule has 3 heterocycles. The van der Waals surface area contributed by atoms with Crippen LogP contribution >= 0.6 is 0 Å². The summed E-state index contributed by atoms with van der Waals surface area (Å²) in [5, 5.41) is 10.0. The Bertz CT molecular complexity index is 1630. The predicted octanol–water partition coefficient (Wildman–Crippen LogP) is 3.94. The molecule has 1 atom stereocenters. The molecular formula is C28H20N6O2. The van der Waals surface area contributed by atoms with Crippen molar-refractivity contribution >= 4 is 28.9 Å². The summed E-state index contributed by atoms with van der Waals surface area (Å²) in [5.41, 5.74) is 4.82. The van der Waals surface area contributed by atoms with Crippen LogP contribution in [0.3, 0.4) is 0 Å². The molecular weight excluding hydrogens is 452 g/mol. The van der Waals surface area contributed by atoms with Gasteiger partial charge in [0.2, 0.25) is 6.17 Å². The van der Waals surface area contributed by atoms with Crippen molar-refractivity contribution in [3.05, 3.63) is 120 Å². The monoisotopic (exact) mass is 472 g/mol. The van der Waals surface area contributed by atoms with Crippen molar-refractivity contribution in [2.45, 2.75) is 6.17 Å². The summed E-state index contributed by atoms with van der Waals surface area (Å²) in [4.78, 5) is 36.3. The van der Waals surface area contributed by atoms with Gasteiger partial charge in [-0.25, -0.2) is 14.5 Å². The van der Waals surface area contributed by atoms with Gasteiger partial charge in [0, 0.05) is 22.9 Å². The molecule has 0 spiro atoms. The third-order valence-corrected chi connectivity index (χ3v) is 5.92. The maximum Gasteiger partial charge on any atom is 0.274 e. The number of aromatic nitrogens is 3. The number of anilines is 1. The van der Waals surface area contributed by atoms with E-state index in [9.17, 15) is 9.59 Å². The van der Waals surface area contributed by atoms with Gasteiger partial charge in [0.05, 0.1) is 11.4 Å². The summed E-state index contributed by atoms with van der Waals surface area (Å²) in [6.07, 6.45) is 0.416. The van der Waals surface area contributed by atoms with Gasteiger partial charge < -0.3 is 10.6 Å². The standard InChI is InChI=1S/C28H20N6O2/c35-27(25-24(19-12-5-2-6-13-19)31-22-16-9-17-29-34(22)25)33-26-28(36)30-21-15-8-7-14-20(21)23(32-26)18-10-3-1-4-11-18/h1-17,26H,(H,30,36)(H,33,35). The number of nitrogens with one attached hydrogen (secondary N) is 2. The molecule has 8 heteroatoms. The van der Waals surface area contributed by atoms with E-state index in [0.717, 1.165) is 16.7 Å². The number of carbonyl (C=O) groups is 2. The molecule has 6 rings (SSSR count). The molecule has 0 radical (unpaired) electrons. The molecule has 8 nitrogen and oxygen atoms in total. The van der Waals surface area contributed by atoms with Crippen LogP contribution in [0, 0.1) is 0 Å². The molecule has 2 aromatic heterocycles. The number of benzodiazepines with no additional fused rings is 1. The summed E-state index contributed by atoms with van der Waals surface area (Å²) >= 11 is 0. The van der Waals surface area contributed by atoms with Crippen molar-refractivity contribution in [1.82, 2.24) is 19.9 Å². The molecule has 0 bridgehead atoms. The quantitative estimate of drug-likeness (QED) is 0.414. The lowest BCUT2D eigenvalue weighted by Crippen LogP contribution is -2.43. The normalized spacial score (nSPS) is 14.9. The summed E-state index contributed by atoms with van der Waals surface area (Å²) in [6, 6.07) is 29.9. The third-order valence-electron chi connectivity index (χ3n) is 5.92. The SMILES string of the molecule is O=C(NC1N=C(c2ccccc2)c2ccccc2NC1=O)c1c(-c2ccccc2)nc2cccnn12. The number of fused-ring (bicyclic) bond motifs is 2. The minimum absolute atomic E-state index is 0.225. The van der Waals surface area contributed by atoms with Crippen molar-refractivity contribution < 1.29 is 9.59 Å². The number of benzene rings is 3. The first-order valence-corrected chi connectivity index (χ1v) is 11.4. The molecule has 5 aromatic rings. The fourth-order valence-corrected chi connectivity index (χ4v) is 4.26. The Kier molecular flexibility index (Phi) is 5.31. The van der Waals surface area contributed by atoms with Gasteiger partial charge >= 0.3 is 0 Å². The molecule has 1 aliphatic rings. The predicted molar refractivity (Wildman–Crippen MR) is 137 cm³/mol. The first-order chi connectivity index (χ1) is 17.7. The highest BCUT2D eigenvalue weighted by molar-refractivity contribution is 6.20. The number of hydrogen-bond donors (Lipinski definition) is 2. The molecule has 2 N–H and O–H groups in total. The zero-order valence-corrected chi connectivity index (χ0v) is 19.0. The van der Waals surface area contributed by atoms with Crippen LogP contribution in [0.25, 0.3) is 16.9 Å². The highest BCUT2D eigenvalue weighted by Gasteiger charge is 2.30. The van der Waals surface area contributed by atoms with Crippen molar-refractivity contribution in [2.24, 2.45) is 4.99 Å². The Balaban J connectivity index is 1.44. The van der Waals surface area contributed by atoms with Crippen LogP contribution in [0.2, 0.25) is 0 Å². The molecule has 36 heavy (non-hydrogen) atoms. The molecule has 2 amide bonds. The first-order valence-electron chi connectivity index (χ1n) is 11.4. The van der Waals surface area contributed by atoms with Crippen LogP contribution < -0.4 is 10.6 Å². The number of carbonyl (C=O) groups excluding carboxylic acids is 2. The largest absolute Gasteiger partial charge is 0.322 e. The summed E-state index contributed by atoms with van der Waals surface area (Å²) in [7, 11) is 0. The average Bonchev–Trinajstić information content (AvgIpc) is 3.26. The number of hydrogen-bond acceptors (Lipinski definition) is 5. The fraction of sp³-hybridized carbons (Fsp3) is 0.0357. The van der Waals surface area contributed by atoms with Gasteiger partial charge in [-0.2, -0.15) is 5.10 Å². The number of nitrogens with zero attached hydrogens (tertiary/aromatic N) is 4. The molecule has 0 aliphatic carbocycles. The number of para-hydroxylation sites is 1. The second kappa shape index (κ2) is 8.92. The van der Waals surface area contributed by atoms with E-state index < -0.39 is 18.0 Å². The molecule has 174 valence electrons. The molecule has 0 saturated heterocycles. The van der Waals surface area contributed by atoms with Crippen LogP contribution in [0.5, 0.6) is 0 Å². The Morgan fingerprint density at radius 3 is 2.31 bits per heavy atom. The minimum atomic E-state index is -1.17. The molecule has 1 unspecified atom stereocenters. The smallest absolute Gasteiger partial charge is 0.274 e. The Morgan fingerprint density at radius 1 is 0.833 bits per heavy atom. The van der Waals surface area contributed by atoms with Gasteiger partial charge in [0.25, 0.3) is 11.8 Å². The zero-order valence-electron chi connectivity index (χ0n) is 19.0. The van der Waals surface area contributed by atoms with Crippen molar-refractivity contribution in [1.29, 1.82) is 0 Å². The van der Waals surface area contributed by atoms with Crippen LogP contribution in [-0.4, -0.2) is 38.3 Å². The molecule has 0 saturated carbocycles. The van der Waals surface area contributed by atoms with E-state index in [1.807, 2.05) is 84.9 Å². The lowest BCUT2D eigenvalue weighted by molar-refractivity contribution is -0.117. The first kappa shape index (κ1) is 21.4. The van der Waals surface area contributed by atoms with Gasteiger partial charge in [0.1, 0.15) is 5.69 Å². The highest BCUT2D eigenvalue weighted by atomic mass is 16.2. The van der Waals surface area contributed by atoms with Crippen molar-refractivity contribution in [2.75, 3.05) is 5.32 Å². The van der Waals surface area contributed by atoms with Crippen LogP contribution in [0.4, 0.5) is 5.69 Å². The van der Waals surface area contributed by atoms with Crippen molar-refractivity contribution in [3.8, 4) is 11.3 Å². The Labute approximate surface area is 206 Å². The average molecular weight is 473 g/mol. The lowest BCUT2D eigenvalue weighted by atomic mass is 10.0. The van der Waals surface area contributed by atoms with Crippen LogP contribution in [0.1, 0.15) is 21.6 Å². The van der Waals surface area contributed by atoms with Crippen LogP contribution in [0.15, 0.2) is 108 Å². The Morgan fingerprint density at radius 2 is 1.53 bits per heavy atom. The molecule has 0 fully saturated rings. The number of amides is 2. The summed E-state index contributed by atoms with van der Waals surface area (Å²) in [5.74, 6) is -0.952. The maximum atomic E-state index is 13.7. The molecule has 1 aliphatic heterocycles. The minimum Gasteiger partial charge on any atom is -0.322 e. The second-order valence-electron chi connectivity index (χ2n) is 8.22. The topological polar surface area (TPSA) is 101 Å². The van der Waals surface area contributed by atoms with Gasteiger partial charge in [0.15, 0.2) is 11.3 Å². The number of imidazole rings is 1. The van der Waals surface area contributed by atoms with E-state index >= 15 is 0 Å². The van der Waals surface area contributed by atoms with E-state index in [2.05, 4.69) is 20.7 Å². The van der Waals surface area contributed by atoms with Gasteiger partial charge in [-0.1, -0.05) is 78.9 Å². The number of rotatable bonds is 4. The lowest BCUT2D eigenvalue weighted by Gasteiger charge is -2.14. The van der Waals surface area contributed by atoms with E-state index in [1.54, 1.807) is 18.3 Å². The molecule has 3 aromatic carbocycles. The van der Waals surface area contributed by atoms with E-state index in [4.69, 9.17) is 4.99 Å². The zero-order chi connectivity index (χ0) is 24.5. The summed E-state index contributed by atoms with van der Waals surface area (Å²) in [6.45, 7) is 0. The van der Waals surface area contributed by atoms with E-state index in [0.29, 0.717) is 22.7 Å². The second-order valence-corrected chi connectivity index (χ2v) is 8.22. The highest BCUT2D eigenvalue weighted by Crippen LogP contribution is 2.26. The van der Waals surface area contributed by atoms with Crippen LogP contribution in [-0.2, 0) is 4.79 Å². The Hall–Kier alpha value is -5.11. The fourth-order valence-electron chi connectivity index (χ4n) is 4.26. The van der Waals surface area contributed by atoms with Gasteiger partial charge in [-0.15, -0.1) is 0 Å². The maximum absolute atomic E-state index is 13.7. The third kappa shape index (κ3) is 3.80. The number of aliphatic imine (C=N–C) groups is 1. The van der Waals surface area contributed by atoms with Gasteiger partial charge in [-0.3, -0.25) is 9.59 Å². The van der Waals surface area contributed by atoms with E-state index in [1.165, 1.54) is 4.52 Å². The van der Waals surface area contributed by atoms with E-state index in [-0.39, 0.29) is 5.69 Å². The van der Waals surface area contributed by atoms with Crippen molar-refractivity contribution in [3.63, 3.8) is 0 Å². The summed E-state index contributed by atoms with van der Waals surface area (Å²) < 4.78 is 1.48. The van der Waals surface area contributed by atoms with Gasteiger partial charge in [-0.05, 0) is 18.2 Å².